The normalized spacial score (nSPS) is 21.1. The van der Waals surface area contributed by atoms with Crippen LogP contribution in [0.3, 0.4) is 0 Å². The number of hydrogen-bond donors (Lipinski definition) is 3. The van der Waals surface area contributed by atoms with E-state index in [9.17, 15) is 9.90 Å². The van der Waals surface area contributed by atoms with E-state index in [-0.39, 0.29) is 17.7 Å². The predicted octanol–water partition coefficient (Wildman–Crippen LogP) is 0.639. The third-order valence-corrected chi connectivity index (χ3v) is 3.52. The molecular weight excluding hydrogens is 204 g/mol. The van der Waals surface area contributed by atoms with Crippen molar-refractivity contribution in [2.75, 3.05) is 13.1 Å². The fraction of sp³-hybridized carbons (Fsp3) is 0.917. The summed E-state index contributed by atoms with van der Waals surface area (Å²) in [7, 11) is 0. The molecule has 0 radical (unpaired) electrons. The largest absolute Gasteiger partial charge is 0.388 e. The highest BCUT2D eigenvalue weighted by atomic mass is 16.3. The summed E-state index contributed by atoms with van der Waals surface area (Å²) in [6.07, 6.45) is 3.69. The van der Waals surface area contributed by atoms with Gasteiger partial charge in [-0.1, -0.05) is 26.7 Å². The molecule has 0 aromatic heterocycles. The number of hydrogen-bond acceptors (Lipinski definition) is 3. The Hall–Kier alpha value is -0.610. The fourth-order valence-electron chi connectivity index (χ4n) is 2.27. The summed E-state index contributed by atoms with van der Waals surface area (Å²) in [4.78, 5) is 11.8. The first-order valence-electron chi connectivity index (χ1n) is 6.19. The Morgan fingerprint density at radius 2 is 2.00 bits per heavy atom. The topological polar surface area (TPSA) is 75.4 Å². The van der Waals surface area contributed by atoms with Gasteiger partial charge < -0.3 is 16.2 Å². The van der Waals surface area contributed by atoms with Gasteiger partial charge in [0, 0.05) is 13.1 Å². The molecule has 0 heterocycles. The van der Waals surface area contributed by atoms with Crippen LogP contribution in [0.25, 0.3) is 0 Å². The fourth-order valence-corrected chi connectivity index (χ4v) is 2.27. The number of amides is 1. The smallest absolute Gasteiger partial charge is 0.224 e. The van der Waals surface area contributed by atoms with E-state index in [1.807, 2.05) is 13.8 Å². The zero-order valence-corrected chi connectivity index (χ0v) is 10.3. The third kappa shape index (κ3) is 3.46. The minimum Gasteiger partial charge on any atom is -0.388 e. The maximum absolute atomic E-state index is 11.8. The number of rotatable bonds is 5. The van der Waals surface area contributed by atoms with Crippen LogP contribution in [0.2, 0.25) is 0 Å². The van der Waals surface area contributed by atoms with Crippen molar-refractivity contribution in [2.45, 2.75) is 45.1 Å². The van der Waals surface area contributed by atoms with Gasteiger partial charge in [0.2, 0.25) is 5.91 Å². The lowest BCUT2D eigenvalue weighted by atomic mass is 9.94. The van der Waals surface area contributed by atoms with Crippen LogP contribution >= 0.6 is 0 Å². The maximum Gasteiger partial charge on any atom is 0.224 e. The lowest BCUT2D eigenvalue weighted by molar-refractivity contribution is -0.127. The molecule has 1 rings (SSSR count). The Labute approximate surface area is 97.6 Å². The molecule has 1 aliphatic rings. The average Bonchev–Trinajstić information content (AvgIpc) is 2.63. The van der Waals surface area contributed by atoms with E-state index in [4.69, 9.17) is 5.73 Å². The predicted molar refractivity (Wildman–Crippen MR) is 63.8 cm³/mol. The van der Waals surface area contributed by atoms with Crippen molar-refractivity contribution >= 4 is 5.91 Å². The first-order valence-corrected chi connectivity index (χ1v) is 6.19. The Bertz CT molecular complexity index is 235. The van der Waals surface area contributed by atoms with E-state index in [2.05, 4.69) is 5.32 Å². The van der Waals surface area contributed by atoms with Crippen LogP contribution in [0.15, 0.2) is 0 Å². The second-order valence-corrected chi connectivity index (χ2v) is 5.24. The van der Waals surface area contributed by atoms with Gasteiger partial charge in [-0.3, -0.25) is 4.79 Å². The van der Waals surface area contributed by atoms with Gasteiger partial charge in [0.25, 0.3) is 0 Å². The highest BCUT2D eigenvalue weighted by molar-refractivity contribution is 5.79. The van der Waals surface area contributed by atoms with Crippen LogP contribution in [0.4, 0.5) is 0 Å². The maximum atomic E-state index is 11.8. The van der Waals surface area contributed by atoms with Gasteiger partial charge in [0.15, 0.2) is 0 Å². The van der Waals surface area contributed by atoms with E-state index >= 15 is 0 Å². The highest BCUT2D eigenvalue weighted by Gasteiger charge is 2.32. The Morgan fingerprint density at radius 1 is 1.44 bits per heavy atom. The van der Waals surface area contributed by atoms with Crippen LogP contribution in [0.5, 0.6) is 0 Å². The number of carbonyl (C=O) groups excluding carboxylic acids is 1. The van der Waals surface area contributed by atoms with Crippen molar-refractivity contribution in [1.82, 2.24) is 5.32 Å². The van der Waals surface area contributed by atoms with E-state index in [1.165, 1.54) is 0 Å². The summed E-state index contributed by atoms with van der Waals surface area (Å²) >= 11 is 0. The molecule has 1 amide bonds. The summed E-state index contributed by atoms with van der Waals surface area (Å²) in [5.74, 6) is 0.0612. The molecule has 0 bridgehead atoms. The van der Waals surface area contributed by atoms with Gasteiger partial charge in [0.1, 0.15) is 0 Å². The number of aliphatic hydroxyl groups is 1. The van der Waals surface area contributed by atoms with Crippen LogP contribution in [0.1, 0.15) is 39.5 Å². The Kier molecular flexibility index (Phi) is 4.74. The van der Waals surface area contributed by atoms with Gasteiger partial charge in [-0.2, -0.15) is 0 Å². The van der Waals surface area contributed by atoms with E-state index in [0.29, 0.717) is 13.1 Å². The van der Waals surface area contributed by atoms with Crippen molar-refractivity contribution in [3.05, 3.63) is 0 Å². The van der Waals surface area contributed by atoms with Gasteiger partial charge in [-0.15, -0.1) is 0 Å². The molecule has 94 valence electrons. The van der Waals surface area contributed by atoms with Crippen LogP contribution in [-0.2, 0) is 4.79 Å². The van der Waals surface area contributed by atoms with E-state index in [1.54, 1.807) is 0 Å². The first kappa shape index (κ1) is 13.5. The van der Waals surface area contributed by atoms with Gasteiger partial charge in [-0.25, -0.2) is 0 Å². The Balaban J connectivity index is 2.39. The summed E-state index contributed by atoms with van der Waals surface area (Å²) < 4.78 is 0. The number of nitrogens with one attached hydrogen (secondary N) is 1. The minimum absolute atomic E-state index is 0.0298. The van der Waals surface area contributed by atoms with E-state index < -0.39 is 5.60 Å². The van der Waals surface area contributed by atoms with E-state index in [0.717, 1.165) is 25.7 Å². The molecule has 0 aromatic carbocycles. The highest BCUT2D eigenvalue weighted by Crippen LogP contribution is 2.28. The number of carbonyl (C=O) groups is 1. The third-order valence-electron chi connectivity index (χ3n) is 3.52. The zero-order chi connectivity index (χ0) is 12.2. The number of nitrogens with two attached hydrogens (primary N) is 1. The lowest BCUT2D eigenvalue weighted by Crippen LogP contribution is -2.45. The Morgan fingerprint density at radius 3 is 2.44 bits per heavy atom. The molecule has 4 N–H and O–H groups in total. The van der Waals surface area contributed by atoms with Gasteiger partial charge in [-0.05, 0) is 18.8 Å². The lowest BCUT2D eigenvalue weighted by Gasteiger charge is -2.25. The first-order chi connectivity index (χ1) is 7.48. The molecule has 0 aliphatic heterocycles. The van der Waals surface area contributed by atoms with Crippen molar-refractivity contribution in [1.29, 1.82) is 0 Å². The molecule has 1 aliphatic carbocycles. The monoisotopic (exact) mass is 228 g/mol. The van der Waals surface area contributed by atoms with Gasteiger partial charge in [0.05, 0.1) is 11.5 Å². The molecule has 0 aromatic rings. The molecule has 1 saturated carbocycles. The van der Waals surface area contributed by atoms with Crippen LogP contribution in [0, 0.1) is 11.8 Å². The summed E-state index contributed by atoms with van der Waals surface area (Å²) in [6.45, 7) is 4.71. The molecule has 0 saturated heterocycles. The van der Waals surface area contributed by atoms with Crippen molar-refractivity contribution in [2.24, 2.45) is 17.6 Å². The van der Waals surface area contributed by atoms with Crippen LogP contribution < -0.4 is 11.1 Å². The second kappa shape index (κ2) is 5.64. The molecule has 1 fully saturated rings. The summed E-state index contributed by atoms with van der Waals surface area (Å²) in [5, 5.41) is 12.9. The van der Waals surface area contributed by atoms with Gasteiger partial charge >= 0.3 is 0 Å². The summed E-state index contributed by atoms with van der Waals surface area (Å²) in [5.41, 5.74) is 4.89. The van der Waals surface area contributed by atoms with Crippen molar-refractivity contribution in [3.8, 4) is 0 Å². The molecule has 0 spiro atoms. The quantitative estimate of drug-likeness (QED) is 0.646. The molecule has 1 unspecified atom stereocenters. The van der Waals surface area contributed by atoms with Crippen molar-refractivity contribution in [3.63, 3.8) is 0 Å². The minimum atomic E-state index is -0.675. The summed E-state index contributed by atoms with van der Waals surface area (Å²) in [6, 6.07) is 0. The molecule has 4 heteroatoms. The van der Waals surface area contributed by atoms with Crippen LogP contribution in [-0.4, -0.2) is 29.7 Å². The zero-order valence-electron chi connectivity index (χ0n) is 10.3. The molecule has 1 atom stereocenters. The second-order valence-electron chi connectivity index (χ2n) is 5.24. The molecule has 4 nitrogen and oxygen atoms in total. The standard InChI is InChI=1S/C12H24N2O2/c1-9(2)10(7-13)11(15)14-8-12(16)5-3-4-6-12/h9-10,16H,3-8,13H2,1-2H3,(H,14,15). The van der Waals surface area contributed by atoms with Crippen molar-refractivity contribution < 1.29 is 9.90 Å². The SMILES string of the molecule is CC(C)C(CN)C(=O)NCC1(O)CCCC1. The molecular formula is C12H24N2O2. The average molecular weight is 228 g/mol. The molecule has 16 heavy (non-hydrogen) atoms.